The fourth-order valence-electron chi connectivity index (χ4n) is 4.29. The number of benzene rings is 2. The van der Waals surface area contributed by atoms with E-state index in [1.165, 1.54) is 13.5 Å². The number of nitrogens with zero attached hydrogens (tertiary/aromatic N) is 2. The molecule has 0 unspecified atom stereocenters. The number of carbonyl (C=O) groups excluding carboxylic acids is 2. The summed E-state index contributed by atoms with van der Waals surface area (Å²) in [6, 6.07) is 13.2. The summed E-state index contributed by atoms with van der Waals surface area (Å²) in [4.78, 5) is 25.7. The van der Waals surface area contributed by atoms with E-state index in [4.69, 9.17) is 16.3 Å². The largest absolute Gasteiger partial charge is 0.465 e. The molecule has 2 aliphatic carbocycles. The van der Waals surface area contributed by atoms with Gasteiger partial charge in [-0.25, -0.2) is 4.79 Å². The third kappa shape index (κ3) is 3.69. The van der Waals surface area contributed by atoms with Crippen molar-refractivity contribution < 1.29 is 14.3 Å². The molecule has 0 saturated heterocycles. The van der Waals surface area contributed by atoms with Crippen molar-refractivity contribution in [3.05, 3.63) is 71.0 Å². The minimum absolute atomic E-state index is 0.0962. The van der Waals surface area contributed by atoms with Crippen LogP contribution in [0, 0.1) is 0 Å². The molecule has 2 aliphatic rings. The number of carbonyl (C=O) groups is 2. The molecule has 5 rings (SSSR count). The second-order valence-corrected chi connectivity index (χ2v) is 9.03. The van der Waals surface area contributed by atoms with Gasteiger partial charge in [0.1, 0.15) is 0 Å². The zero-order valence-electron chi connectivity index (χ0n) is 17.8. The Morgan fingerprint density at radius 1 is 1.19 bits per heavy atom. The van der Waals surface area contributed by atoms with Gasteiger partial charge in [0.25, 0.3) is 0 Å². The number of anilines is 1. The maximum Gasteiger partial charge on any atom is 0.338 e. The molecule has 1 aromatic heterocycles. The van der Waals surface area contributed by atoms with Crippen LogP contribution in [-0.2, 0) is 14.9 Å². The number of rotatable bonds is 6. The molecular formula is C25H24ClN3O3. The van der Waals surface area contributed by atoms with E-state index < -0.39 is 11.4 Å². The van der Waals surface area contributed by atoms with Crippen molar-refractivity contribution >= 4 is 29.2 Å². The lowest BCUT2D eigenvalue weighted by Crippen LogP contribution is -2.28. The minimum atomic E-state index is -0.571. The maximum absolute atomic E-state index is 13.1. The van der Waals surface area contributed by atoms with Crippen LogP contribution in [0.4, 0.5) is 5.69 Å². The predicted molar refractivity (Wildman–Crippen MR) is 123 cm³/mol. The standard InChI is InChI=1S/C25H24ClN3O3/c1-32-23(30)22-13-19(8-9-21(22)16-14-27-29(15-16)20-6-3-7-20)28-24(31)25(10-11-25)17-4-2-5-18(26)12-17/h2,4-5,8-9,12-15,20H,3,6-7,10-11H2,1H3,(H,28,31). The van der Waals surface area contributed by atoms with Crippen LogP contribution in [-0.4, -0.2) is 28.8 Å². The third-order valence-corrected chi connectivity index (χ3v) is 6.84. The van der Waals surface area contributed by atoms with Crippen LogP contribution in [0.3, 0.4) is 0 Å². The summed E-state index contributed by atoms with van der Waals surface area (Å²) in [6.07, 6.45) is 8.76. The zero-order chi connectivity index (χ0) is 22.3. The topological polar surface area (TPSA) is 73.2 Å². The van der Waals surface area contributed by atoms with Gasteiger partial charge in [0.15, 0.2) is 0 Å². The van der Waals surface area contributed by atoms with Gasteiger partial charge in [-0.15, -0.1) is 0 Å². The Labute approximate surface area is 191 Å². The SMILES string of the molecule is COC(=O)c1cc(NC(=O)C2(c3cccc(Cl)c3)CC2)ccc1-c1cnn(C2CCC2)c1. The van der Waals surface area contributed by atoms with Crippen LogP contribution >= 0.6 is 11.6 Å². The van der Waals surface area contributed by atoms with Gasteiger partial charge >= 0.3 is 5.97 Å². The van der Waals surface area contributed by atoms with E-state index in [-0.39, 0.29) is 5.91 Å². The molecule has 1 N–H and O–H groups in total. The smallest absolute Gasteiger partial charge is 0.338 e. The molecule has 164 valence electrons. The van der Waals surface area contributed by atoms with E-state index in [1.807, 2.05) is 41.2 Å². The molecule has 2 aromatic carbocycles. The van der Waals surface area contributed by atoms with Crippen molar-refractivity contribution in [2.75, 3.05) is 12.4 Å². The van der Waals surface area contributed by atoms with Crippen LogP contribution in [0.2, 0.25) is 5.02 Å². The lowest BCUT2D eigenvalue weighted by molar-refractivity contribution is -0.118. The Morgan fingerprint density at radius 2 is 2.00 bits per heavy atom. The van der Waals surface area contributed by atoms with Gasteiger partial charge in [-0.3, -0.25) is 9.48 Å². The lowest BCUT2D eigenvalue weighted by Gasteiger charge is -2.25. The van der Waals surface area contributed by atoms with Crippen molar-refractivity contribution in [1.29, 1.82) is 0 Å². The second kappa shape index (κ2) is 8.10. The van der Waals surface area contributed by atoms with Crippen molar-refractivity contribution in [3.63, 3.8) is 0 Å². The Morgan fingerprint density at radius 3 is 2.66 bits per heavy atom. The van der Waals surface area contributed by atoms with Gasteiger partial charge in [-0.2, -0.15) is 5.10 Å². The summed E-state index contributed by atoms with van der Waals surface area (Å²) in [5, 5.41) is 8.08. The summed E-state index contributed by atoms with van der Waals surface area (Å²) in [7, 11) is 1.35. The number of methoxy groups -OCH3 is 1. The molecule has 2 fully saturated rings. The highest BCUT2D eigenvalue weighted by atomic mass is 35.5. The normalized spacial score (nSPS) is 16.8. The van der Waals surface area contributed by atoms with Crippen LogP contribution in [0.15, 0.2) is 54.9 Å². The summed E-state index contributed by atoms with van der Waals surface area (Å²) >= 11 is 6.13. The number of aromatic nitrogens is 2. The quantitative estimate of drug-likeness (QED) is 0.512. The van der Waals surface area contributed by atoms with Gasteiger partial charge in [-0.05, 0) is 67.5 Å². The Bertz CT molecular complexity index is 1190. The molecule has 32 heavy (non-hydrogen) atoms. The molecule has 2 saturated carbocycles. The van der Waals surface area contributed by atoms with Crippen LogP contribution in [0.5, 0.6) is 0 Å². The molecule has 0 aliphatic heterocycles. The molecule has 1 amide bonds. The van der Waals surface area contributed by atoms with Gasteiger partial charge in [0.05, 0.1) is 30.3 Å². The van der Waals surface area contributed by atoms with Crippen LogP contribution in [0.25, 0.3) is 11.1 Å². The number of hydrogen-bond donors (Lipinski definition) is 1. The van der Waals surface area contributed by atoms with Crippen molar-refractivity contribution in [2.45, 2.75) is 43.6 Å². The molecule has 0 radical (unpaired) electrons. The second-order valence-electron chi connectivity index (χ2n) is 8.59. The molecule has 0 spiro atoms. The van der Waals surface area contributed by atoms with E-state index in [9.17, 15) is 9.59 Å². The zero-order valence-corrected chi connectivity index (χ0v) is 18.6. The average Bonchev–Trinajstić information content (AvgIpc) is 3.45. The molecule has 7 heteroatoms. The van der Waals surface area contributed by atoms with E-state index in [0.717, 1.165) is 42.4 Å². The van der Waals surface area contributed by atoms with Gasteiger partial charge in [-0.1, -0.05) is 29.8 Å². The van der Waals surface area contributed by atoms with Crippen LogP contribution < -0.4 is 5.32 Å². The predicted octanol–water partition coefficient (Wildman–Crippen LogP) is 5.39. The fourth-order valence-corrected chi connectivity index (χ4v) is 4.48. The maximum atomic E-state index is 13.1. The van der Waals surface area contributed by atoms with Gasteiger partial charge in [0, 0.05) is 22.5 Å². The van der Waals surface area contributed by atoms with Gasteiger partial charge < -0.3 is 10.1 Å². The highest BCUT2D eigenvalue weighted by Crippen LogP contribution is 2.49. The third-order valence-electron chi connectivity index (χ3n) is 6.61. The Balaban J connectivity index is 1.42. The Kier molecular flexibility index (Phi) is 5.25. The molecule has 1 heterocycles. The molecule has 6 nitrogen and oxygen atoms in total. The minimum Gasteiger partial charge on any atom is -0.465 e. The van der Waals surface area contributed by atoms with Gasteiger partial charge in [0.2, 0.25) is 5.91 Å². The van der Waals surface area contributed by atoms with E-state index >= 15 is 0 Å². The van der Waals surface area contributed by atoms with Crippen molar-refractivity contribution in [2.24, 2.45) is 0 Å². The first-order chi connectivity index (χ1) is 15.5. The molecule has 0 atom stereocenters. The first kappa shape index (κ1) is 20.8. The first-order valence-electron chi connectivity index (χ1n) is 10.8. The summed E-state index contributed by atoms with van der Waals surface area (Å²) < 4.78 is 6.98. The fraction of sp³-hybridized carbons (Fsp3) is 0.320. The number of halogens is 1. The molecule has 0 bridgehead atoms. The Hall–Kier alpha value is -3.12. The highest BCUT2D eigenvalue weighted by molar-refractivity contribution is 6.30. The number of hydrogen-bond acceptors (Lipinski definition) is 4. The first-order valence-corrected chi connectivity index (χ1v) is 11.2. The molecular weight excluding hydrogens is 426 g/mol. The number of nitrogens with one attached hydrogen (secondary N) is 1. The van der Waals surface area contributed by atoms with E-state index in [1.54, 1.807) is 18.3 Å². The molecule has 3 aromatic rings. The highest BCUT2D eigenvalue weighted by Gasteiger charge is 2.51. The van der Waals surface area contributed by atoms with Crippen molar-refractivity contribution in [3.8, 4) is 11.1 Å². The summed E-state index contributed by atoms with van der Waals surface area (Å²) in [6.45, 7) is 0. The van der Waals surface area contributed by atoms with E-state index in [2.05, 4.69) is 10.4 Å². The monoisotopic (exact) mass is 449 g/mol. The number of esters is 1. The lowest BCUT2D eigenvalue weighted by atomic mass is 9.93. The van der Waals surface area contributed by atoms with E-state index in [0.29, 0.717) is 22.3 Å². The van der Waals surface area contributed by atoms with Crippen LogP contribution in [0.1, 0.15) is 54.1 Å². The number of ether oxygens (including phenoxy) is 1. The van der Waals surface area contributed by atoms with Crippen molar-refractivity contribution in [1.82, 2.24) is 9.78 Å². The summed E-state index contributed by atoms with van der Waals surface area (Å²) in [5.74, 6) is -0.551. The average molecular weight is 450 g/mol. The summed E-state index contributed by atoms with van der Waals surface area (Å²) in [5.41, 5.74) is 2.88. The number of amides is 1.